The molecule has 0 bridgehead atoms. The number of carbonyl (C=O) groups is 1. The highest BCUT2D eigenvalue weighted by molar-refractivity contribution is 7.16. The fourth-order valence-electron chi connectivity index (χ4n) is 1.47. The van der Waals surface area contributed by atoms with E-state index in [1.54, 1.807) is 0 Å². The Morgan fingerprint density at radius 2 is 2.18 bits per heavy atom. The fraction of sp³-hybridized carbons (Fsp3) is 0.154. The molecular weight excluding hydrogens is 256 g/mol. The summed E-state index contributed by atoms with van der Waals surface area (Å²) in [6, 6.07) is 9.30. The van der Waals surface area contributed by atoms with E-state index in [4.69, 9.17) is 16.3 Å². The first-order chi connectivity index (χ1) is 8.19. The van der Waals surface area contributed by atoms with E-state index in [2.05, 4.69) is 0 Å². The molecule has 0 amide bonds. The van der Waals surface area contributed by atoms with Crippen molar-refractivity contribution in [3.8, 4) is 5.75 Å². The van der Waals surface area contributed by atoms with Gasteiger partial charge in [0.2, 0.25) is 0 Å². The number of hydrogen-bond donors (Lipinski definition) is 0. The van der Waals surface area contributed by atoms with Crippen LogP contribution in [0.15, 0.2) is 30.3 Å². The van der Waals surface area contributed by atoms with Crippen LogP contribution in [0.1, 0.15) is 20.8 Å². The number of carbonyl (C=O) groups excluding carboxylic acids is 1. The number of halogens is 1. The number of rotatable bonds is 4. The number of benzene rings is 1. The van der Waals surface area contributed by atoms with Gasteiger partial charge in [0.25, 0.3) is 0 Å². The maximum atomic E-state index is 10.9. The second kappa shape index (κ2) is 5.34. The second-order valence-electron chi connectivity index (χ2n) is 3.65. The quantitative estimate of drug-likeness (QED) is 0.779. The standard InChI is InChI=1S/C13H11ClO2S/c1-9-2-4-12(10(6-9)7-15)16-8-11-3-5-13(14)17-11/h2-7H,8H2,1H3. The number of thiophene rings is 1. The summed E-state index contributed by atoms with van der Waals surface area (Å²) in [7, 11) is 0. The van der Waals surface area contributed by atoms with Crippen LogP contribution in [0.5, 0.6) is 5.75 Å². The molecule has 1 heterocycles. The zero-order valence-corrected chi connectivity index (χ0v) is 10.8. The van der Waals surface area contributed by atoms with Crippen LogP contribution in [-0.2, 0) is 6.61 Å². The van der Waals surface area contributed by atoms with Crippen molar-refractivity contribution < 1.29 is 9.53 Å². The van der Waals surface area contributed by atoms with Gasteiger partial charge in [-0.1, -0.05) is 23.2 Å². The summed E-state index contributed by atoms with van der Waals surface area (Å²) in [4.78, 5) is 11.9. The molecule has 88 valence electrons. The van der Waals surface area contributed by atoms with Crippen molar-refractivity contribution in [1.82, 2.24) is 0 Å². The smallest absolute Gasteiger partial charge is 0.153 e. The summed E-state index contributed by atoms with van der Waals surface area (Å²) in [5.41, 5.74) is 1.62. The highest BCUT2D eigenvalue weighted by Crippen LogP contribution is 2.24. The van der Waals surface area contributed by atoms with E-state index >= 15 is 0 Å². The van der Waals surface area contributed by atoms with E-state index in [9.17, 15) is 4.79 Å². The maximum absolute atomic E-state index is 10.9. The Balaban J connectivity index is 2.11. The Morgan fingerprint density at radius 1 is 1.35 bits per heavy atom. The molecule has 0 spiro atoms. The Bertz CT molecular complexity index is 534. The van der Waals surface area contributed by atoms with Crippen molar-refractivity contribution in [3.63, 3.8) is 0 Å². The largest absolute Gasteiger partial charge is 0.487 e. The molecule has 0 unspecified atom stereocenters. The van der Waals surface area contributed by atoms with Crippen molar-refractivity contribution in [1.29, 1.82) is 0 Å². The van der Waals surface area contributed by atoms with Gasteiger partial charge in [-0.3, -0.25) is 4.79 Å². The van der Waals surface area contributed by atoms with E-state index in [0.717, 1.165) is 21.1 Å². The molecule has 0 aliphatic heterocycles. The highest BCUT2D eigenvalue weighted by Gasteiger charge is 2.04. The average molecular weight is 267 g/mol. The van der Waals surface area contributed by atoms with Crippen molar-refractivity contribution >= 4 is 29.2 Å². The van der Waals surface area contributed by atoms with Gasteiger partial charge in [0, 0.05) is 4.88 Å². The lowest BCUT2D eigenvalue weighted by Gasteiger charge is -2.07. The molecule has 17 heavy (non-hydrogen) atoms. The Morgan fingerprint density at radius 3 is 2.82 bits per heavy atom. The number of aryl methyl sites for hydroxylation is 1. The SMILES string of the molecule is Cc1ccc(OCc2ccc(Cl)s2)c(C=O)c1. The average Bonchev–Trinajstić information content (AvgIpc) is 2.73. The first-order valence-electron chi connectivity index (χ1n) is 5.12. The van der Waals surface area contributed by atoms with E-state index in [-0.39, 0.29) is 0 Å². The molecule has 0 atom stereocenters. The molecule has 4 heteroatoms. The van der Waals surface area contributed by atoms with Crippen LogP contribution in [0.25, 0.3) is 0 Å². The summed E-state index contributed by atoms with van der Waals surface area (Å²) in [6.45, 7) is 2.37. The van der Waals surface area contributed by atoms with Gasteiger partial charge >= 0.3 is 0 Å². The number of hydrogen-bond acceptors (Lipinski definition) is 3. The minimum absolute atomic E-state index is 0.432. The van der Waals surface area contributed by atoms with Crippen LogP contribution in [0.4, 0.5) is 0 Å². The van der Waals surface area contributed by atoms with Gasteiger partial charge < -0.3 is 4.74 Å². The minimum Gasteiger partial charge on any atom is -0.487 e. The molecule has 1 aromatic heterocycles. The van der Waals surface area contributed by atoms with Crippen LogP contribution in [-0.4, -0.2) is 6.29 Å². The number of ether oxygens (including phenoxy) is 1. The molecule has 0 saturated heterocycles. The summed E-state index contributed by atoms with van der Waals surface area (Å²) < 4.78 is 6.34. The molecule has 0 aliphatic carbocycles. The van der Waals surface area contributed by atoms with Crippen LogP contribution in [0.3, 0.4) is 0 Å². The fourth-order valence-corrected chi connectivity index (χ4v) is 2.47. The van der Waals surface area contributed by atoms with Crippen LogP contribution in [0, 0.1) is 6.92 Å². The summed E-state index contributed by atoms with van der Waals surface area (Å²) in [6.07, 6.45) is 0.809. The highest BCUT2D eigenvalue weighted by atomic mass is 35.5. The van der Waals surface area contributed by atoms with Crippen molar-refractivity contribution in [2.24, 2.45) is 0 Å². The molecule has 2 aromatic rings. The van der Waals surface area contributed by atoms with E-state index < -0.39 is 0 Å². The van der Waals surface area contributed by atoms with Crippen LogP contribution < -0.4 is 4.74 Å². The lowest BCUT2D eigenvalue weighted by molar-refractivity contribution is 0.111. The topological polar surface area (TPSA) is 26.3 Å². The monoisotopic (exact) mass is 266 g/mol. The zero-order chi connectivity index (χ0) is 12.3. The van der Waals surface area contributed by atoms with E-state index in [0.29, 0.717) is 17.9 Å². The third-order valence-corrected chi connectivity index (χ3v) is 3.50. The Hall–Kier alpha value is -1.32. The molecule has 2 nitrogen and oxygen atoms in total. The van der Waals surface area contributed by atoms with Crippen LogP contribution >= 0.6 is 22.9 Å². The molecule has 1 aromatic carbocycles. The van der Waals surface area contributed by atoms with E-state index in [1.807, 2.05) is 37.3 Å². The van der Waals surface area contributed by atoms with Gasteiger partial charge in [-0.05, 0) is 31.2 Å². The molecular formula is C13H11ClO2S. The predicted octanol–water partition coefficient (Wildman–Crippen LogP) is 4.10. The molecule has 0 aliphatic rings. The van der Waals surface area contributed by atoms with Gasteiger partial charge in [-0.25, -0.2) is 0 Å². The summed E-state index contributed by atoms with van der Waals surface area (Å²) in [5, 5.41) is 0. The van der Waals surface area contributed by atoms with Gasteiger partial charge in [-0.15, -0.1) is 11.3 Å². The molecule has 0 fully saturated rings. The first kappa shape index (κ1) is 12.1. The second-order valence-corrected chi connectivity index (χ2v) is 5.45. The van der Waals surface area contributed by atoms with E-state index in [1.165, 1.54) is 11.3 Å². The maximum Gasteiger partial charge on any atom is 0.153 e. The van der Waals surface area contributed by atoms with Crippen molar-refractivity contribution in [2.75, 3.05) is 0 Å². The predicted molar refractivity (Wildman–Crippen MR) is 70.2 cm³/mol. The third-order valence-electron chi connectivity index (χ3n) is 2.29. The molecule has 0 saturated carbocycles. The number of aldehydes is 1. The molecule has 0 N–H and O–H groups in total. The van der Waals surface area contributed by atoms with Crippen LogP contribution in [0.2, 0.25) is 4.34 Å². The summed E-state index contributed by atoms with van der Waals surface area (Å²) >= 11 is 7.30. The lowest BCUT2D eigenvalue weighted by atomic mass is 10.1. The third kappa shape index (κ3) is 3.08. The van der Waals surface area contributed by atoms with Gasteiger partial charge in [0.05, 0.1) is 9.90 Å². The van der Waals surface area contributed by atoms with Gasteiger partial charge in [0.1, 0.15) is 12.4 Å². The molecule has 2 rings (SSSR count). The Kier molecular flexibility index (Phi) is 3.82. The normalized spacial score (nSPS) is 10.2. The molecule has 0 radical (unpaired) electrons. The minimum atomic E-state index is 0.432. The van der Waals surface area contributed by atoms with Crippen molar-refractivity contribution in [2.45, 2.75) is 13.5 Å². The van der Waals surface area contributed by atoms with Gasteiger partial charge in [0.15, 0.2) is 6.29 Å². The van der Waals surface area contributed by atoms with Gasteiger partial charge in [-0.2, -0.15) is 0 Å². The zero-order valence-electron chi connectivity index (χ0n) is 9.27. The summed E-state index contributed by atoms with van der Waals surface area (Å²) in [5.74, 6) is 0.607. The Labute approximate surface area is 109 Å². The lowest BCUT2D eigenvalue weighted by Crippen LogP contribution is -1.96. The van der Waals surface area contributed by atoms with Crippen molar-refractivity contribution in [3.05, 3.63) is 50.7 Å². The first-order valence-corrected chi connectivity index (χ1v) is 6.31.